The molecule has 4 aliphatic heterocycles. The Balaban J connectivity index is 1.48. The normalized spacial score (nSPS) is 44.0. The van der Waals surface area contributed by atoms with E-state index in [9.17, 15) is 29.4 Å². The minimum absolute atomic E-state index is 0.539. The van der Waals surface area contributed by atoms with Crippen LogP contribution in [0.25, 0.3) is 0 Å². The highest BCUT2D eigenvalue weighted by atomic mass is 16.6. The molecule has 9 nitrogen and oxygen atoms in total. The van der Waals surface area contributed by atoms with Crippen LogP contribution < -0.4 is 0 Å². The van der Waals surface area contributed by atoms with Gasteiger partial charge in [0.05, 0.1) is 48.1 Å². The number of carbonyl (C=O) groups excluding carboxylic acids is 2. The molecule has 4 aliphatic rings. The van der Waals surface area contributed by atoms with Crippen LogP contribution in [0.2, 0.25) is 0 Å². The van der Waals surface area contributed by atoms with Crippen LogP contribution in [0.3, 0.4) is 0 Å². The summed E-state index contributed by atoms with van der Waals surface area (Å²) in [5, 5.41) is 18.7. The second-order valence-corrected chi connectivity index (χ2v) is 7.10. The Bertz CT molecular complexity index is 590. The zero-order chi connectivity index (χ0) is 17.9. The molecule has 25 heavy (non-hydrogen) atoms. The van der Waals surface area contributed by atoms with Crippen LogP contribution >= 0.6 is 0 Å². The zero-order valence-electron chi connectivity index (χ0n) is 13.2. The Morgan fingerprint density at radius 1 is 0.640 bits per heavy atom. The molecule has 0 aromatic carbocycles. The van der Waals surface area contributed by atoms with E-state index in [0.29, 0.717) is 25.7 Å². The monoisotopic (exact) mass is 354 g/mol. The third-order valence-corrected chi connectivity index (χ3v) is 5.86. The van der Waals surface area contributed by atoms with Crippen molar-refractivity contribution in [3.63, 3.8) is 0 Å². The van der Waals surface area contributed by atoms with Crippen molar-refractivity contribution in [3.05, 3.63) is 0 Å². The molecular weight excluding hydrogens is 336 g/mol. The van der Waals surface area contributed by atoms with Gasteiger partial charge in [0, 0.05) is 0 Å². The van der Waals surface area contributed by atoms with Crippen LogP contribution in [0.4, 0.5) is 0 Å². The SMILES string of the molecule is O=C(O)C1C2CCC(O2)C1C(=O)OC(=O)C1C2CCC(O2)C1C(=O)O. The summed E-state index contributed by atoms with van der Waals surface area (Å²) in [7, 11) is 0. The van der Waals surface area contributed by atoms with Gasteiger partial charge in [0.25, 0.3) is 0 Å². The first-order chi connectivity index (χ1) is 11.9. The molecule has 0 radical (unpaired) electrons. The standard InChI is InChI=1S/C16H18O9/c17-13(18)9-5-1-3-7(23-5)11(9)15(21)25-16(22)12-8-4-2-6(24-8)10(12)14(19)20/h5-12H,1-4H2,(H,17,18)(H,19,20). The van der Waals surface area contributed by atoms with Crippen molar-refractivity contribution < 1.29 is 43.6 Å². The van der Waals surface area contributed by atoms with E-state index in [1.54, 1.807) is 0 Å². The molecule has 4 rings (SSSR count). The van der Waals surface area contributed by atoms with E-state index < -0.39 is 72.0 Å². The number of carbonyl (C=O) groups is 4. The van der Waals surface area contributed by atoms with Crippen LogP contribution in [-0.4, -0.2) is 58.5 Å². The number of aliphatic carboxylic acids is 2. The lowest BCUT2D eigenvalue weighted by Gasteiger charge is -2.25. The number of fused-ring (bicyclic) bond motifs is 4. The second kappa shape index (κ2) is 5.77. The Morgan fingerprint density at radius 2 is 0.960 bits per heavy atom. The topological polar surface area (TPSA) is 136 Å². The maximum absolute atomic E-state index is 12.4. The van der Waals surface area contributed by atoms with Crippen LogP contribution in [0, 0.1) is 23.7 Å². The zero-order valence-corrected chi connectivity index (χ0v) is 13.2. The van der Waals surface area contributed by atoms with Gasteiger partial charge in [-0.2, -0.15) is 0 Å². The average molecular weight is 354 g/mol. The molecule has 0 amide bonds. The van der Waals surface area contributed by atoms with E-state index in [1.165, 1.54) is 0 Å². The highest BCUT2D eigenvalue weighted by Gasteiger charge is 2.59. The fourth-order valence-electron chi connectivity index (χ4n) is 4.82. The molecule has 0 saturated carbocycles. The number of carboxylic acids is 2. The Morgan fingerprint density at radius 3 is 1.28 bits per heavy atom. The van der Waals surface area contributed by atoms with Crippen molar-refractivity contribution in [3.8, 4) is 0 Å². The van der Waals surface area contributed by atoms with Gasteiger partial charge in [0.2, 0.25) is 0 Å². The maximum atomic E-state index is 12.4. The van der Waals surface area contributed by atoms with Crippen molar-refractivity contribution in [1.82, 2.24) is 0 Å². The van der Waals surface area contributed by atoms with Gasteiger partial charge < -0.3 is 24.4 Å². The fourth-order valence-corrected chi connectivity index (χ4v) is 4.82. The lowest BCUT2D eigenvalue weighted by Crippen LogP contribution is -2.43. The van der Waals surface area contributed by atoms with E-state index in [4.69, 9.17) is 14.2 Å². The first-order valence-corrected chi connectivity index (χ1v) is 8.40. The van der Waals surface area contributed by atoms with Gasteiger partial charge in [-0.25, -0.2) is 0 Å². The van der Waals surface area contributed by atoms with E-state index in [-0.39, 0.29) is 0 Å². The van der Waals surface area contributed by atoms with Crippen molar-refractivity contribution in [2.45, 2.75) is 50.1 Å². The van der Waals surface area contributed by atoms with Crippen molar-refractivity contribution in [2.24, 2.45) is 23.7 Å². The molecule has 0 aromatic heterocycles. The third kappa shape index (κ3) is 2.44. The van der Waals surface area contributed by atoms with Crippen LogP contribution in [0.5, 0.6) is 0 Å². The Kier molecular flexibility index (Phi) is 3.80. The van der Waals surface area contributed by atoms with E-state index in [0.717, 1.165) is 0 Å². The largest absolute Gasteiger partial charge is 0.481 e. The minimum atomic E-state index is -1.16. The first-order valence-electron chi connectivity index (χ1n) is 8.40. The Labute approximate surface area is 142 Å². The van der Waals surface area contributed by atoms with Gasteiger partial charge in [-0.1, -0.05) is 0 Å². The van der Waals surface area contributed by atoms with Crippen LogP contribution in [0.15, 0.2) is 0 Å². The molecule has 136 valence electrons. The molecule has 0 aromatic rings. The summed E-state index contributed by atoms with van der Waals surface area (Å²) in [5.41, 5.74) is 0. The summed E-state index contributed by atoms with van der Waals surface area (Å²) in [6, 6.07) is 0. The summed E-state index contributed by atoms with van der Waals surface area (Å²) < 4.78 is 15.9. The maximum Gasteiger partial charge on any atom is 0.320 e. The quantitative estimate of drug-likeness (QED) is 0.520. The molecule has 8 unspecified atom stereocenters. The van der Waals surface area contributed by atoms with Gasteiger partial charge >= 0.3 is 23.9 Å². The Hall–Kier alpha value is -2.00. The molecule has 0 aliphatic carbocycles. The fraction of sp³-hybridized carbons (Fsp3) is 0.750. The summed E-state index contributed by atoms with van der Waals surface area (Å²) in [6.45, 7) is 0. The first kappa shape index (κ1) is 16.5. The molecule has 4 fully saturated rings. The van der Waals surface area contributed by atoms with Crippen molar-refractivity contribution in [1.29, 1.82) is 0 Å². The van der Waals surface area contributed by atoms with Crippen molar-refractivity contribution in [2.75, 3.05) is 0 Å². The second-order valence-electron chi connectivity index (χ2n) is 7.10. The van der Waals surface area contributed by atoms with Gasteiger partial charge in [0.15, 0.2) is 0 Å². The molecule has 4 bridgehead atoms. The molecule has 2 N–H and O–H groups in total. The highest BCUT2D eigenvalue weighted by molar-refractivity contribution is 5.93. The van der Waals surface area contributed by atoms with Gasteiger partial charge in [0.1, 0.15) is 0 Å². The predicted molar refractivity (Wildman–Crippen MR) is 76.1 cm³/mol. The van der Waals surface area contributed by atoms with E-state index in [1.807, 2.05) is 0 Å². The van der Waals surface area contributed by atoms with E-state index >= 15 is 0 Å². The molecule has 4 saturated heterocycles. The highest BCUT2D eigenvalue weighted by Crippen LogP contribution is 2.46. The molecule has 4 heterocycles. The summed E-state index contributed by atoms with van der Waals surface area (Å²) >= 11 is 0. The number of carboxylic acid groups (broad SMARTS) is 2. The minimum Gasteiger partial charge on any atom is -0.481 e. The molecule has 9 heteroatoms. The van der Waals surface area contributed by atoms with Crippen molar-refractivity contribution >= 4 is 23.9 Å². The molecule has 8 atom stereocenters. The average Bonchev–Trinajstić information content (AvgIpc) is 3.31. The third-order valence-electron chi connectivity index (χ3n) is 5.86. The number of ether oxygens (including phenoxy) is 3. The number of hydrogen-bond donors (Lipinski definition) is 2. The van der Waals surface area contributed by atoms with Crippen LogP contribution in [-0.2, 0) is 33.4 Å². The van der Waals surface area contributed by atoms with Gasteiger partial charge in [-0.05, 0) is 25.7 Å². The summed E-state index contributed by atoms with van der Waals surface area (Å²) in [6.07, 6.45) is -0.0489. The van der Waals surface area contributed by atoms with E-state index in [2.05, 4.69) is 0 Å². The summed E-state index contributed by atoms with van der Waals surface area (Å²) in [5.74, 6) is -8.36. The summed E-state index contributed by atoms with van der Waals surface area (Å²) in [4.78, 5) is 47.7. The number of hydrogen-bond acceptors (Lipinski definition) is 7. The molecular formula is C16H18O9. The lowest BCUT2D eigenvalue weighted by molar-refractivity contribution is -0.173. The smallest absolute Gasteiger partial charge is 0.320 e. The van der Waals surface area contributed by atoms with Gasteiger partial charge in [-0.3, -0.25) is 19.2 Å². The predicted octanol–water partition coefficient (Wildman–Crippen LogP) is -0.187. The molecule has 0 spiro atoms. The number of rotatable bonds is 4. The lowest BCUT2D eigenvalue weighted by atomic mass is 9.78. The van der Waals surface area contributed by atoms with Gasteiger partial charge in [-0.15, -0.1) is 0 Å². The van der Waals surface area contributed by atoms with Crippen LogP contribution in [0.1, 0.15) is 25.7 Å². The number of esters is 2.